The molecule has 148 valence electrons. The zero-order chi connectivity index (χ0) is 19.5. The van der Waals surface area contributed by atoms with Crippen LogP contribution in [0.5, 0.6) is 5.75 Å². The van der Waals surface area contributed by atoms with Gasteiger partial charge in [0, 0.05) is 31.1 Å². The van der Waals surface area contributed by atoms with E-state index in [0.29, 0.717) is 11.8 Å². The fourth-order valence-corrected chi connectivity index (χ4v) is 4.80. The topological polar surface area (TPSA) is 32.8 Å². The number of benzene rings is 2. The molecule has 28 heavy (non-hydrogen) atoms. The first kappa shape index (κ1) is 19.0. The number of aryl methyl sites for hydroxylation is 1. The monoisotopic (exact) mass is 378 g/mol. The Balaban J connectivity index is 1.59. The molecule has 0 radical (unpaired) electrons. The van der Waals surface area contributed by atoms with E-state index in [1.165, 1.54) is 31.5 Å². The zero-order valence-electron chi connectivity index (χ0n) is 16.9. The number of carbonyl (C=O) groups is 1. The van der Waals surface area contributed by atoms with Crippen LogP contribution in [-0.2, 0) is 0 Å². The molecule has 2 aromatic rings. The van der Waals surface area contributed by atoms with Crippen LogP contribution in [-0.4, -0.2) is 55.5 Å². The molecular formula is C24H30N2O2. The lowest BCUT2D eigenvalue weighted by Gasteiger charge is -2.25. The zero-order valence-corrected chi connectivity index (χ0v) is 16.9. The minimum atomic E-state index is 0.146. The molecule has 2 atom stereocenters. The summed E-state index contributed by atoms with van der Waals surface area (Å²) < 4.78 is 5.66. The van der Waals surface area contributed by atoms with Gasteiger partial charge >= 0.3 is 0 Å². The lowest BCUT2D eigenvalue weighted by atomic mass is 9.88. The van der Waals surface area contributed by atoms with Crippen molar-refractivity contribution < 1.29 is 9.53 Å². The number of ether oxygens (including phenoxy) is 1. The number of rotatable bonds is 5. The molecule has 2 aliphatic heterocycles. The molecule has 1 amide bonds. The first-order valence-corrected chi connectivity index (χ1v) is 10.4. The Kier molecular flexibility index (Phi) is 5.67. The maximum Gasteiger partial charge on any atom is 0.253 e. The van der Waals surface area contributed by atoms with E-state index >= 15 is 0 Å². The van der Waals surface area contributed by atoms with Gasteiger partial charge in [-0.1, -0.05) is 35.9 Å². The van der Waals surface area contributed by atoms with Crippen molar-refractivity contribution in [1.82, 2.24) is 9.80 Å². The molecule has 2 heterocycles. The highest BCUT2D eigenvalue weighted by molar-refractivity contribution is 5.94. The van der Waals surface area contributed by atoms with Crippen LogP contribution in [0.2, 0.25) is 0 Å². The van der Waals surface area contributed by atoms with Crippen molar-refractivity contribution in [2.75, 3.05) is 39.8 Å². The third kappa shape index (κ3) is 3.93. The molecule has 0 aromatic heterocycles. The SMILES string of the molecule is COc1ccccc1C1CN(C(=O)c2cccc(C)c2)CC1CN1CCCC1. The highest BCUT2D eigenvalue weighted by Crippen LogP contribution is 2.38. The molecule has 0 aliphatic carbocycles. The van der Waals surface area contributed by atoms with E-state index in [1.807, 2.05) is 48.2 Å². The quantitative estimate of drug-likeness (QED) is 0.790. The predicted octanol–water partition coefficient (Wildman–Crippen LogP) is 3.96. The smallest absolute Gasteiger partial charge is 0.253 e. The standard InChI is InChI=1S/C24H30N2O2/c1-18-8-7-9-19(14-18)24(27)26-16-20(15-25-12-5-6-13-25)22(17-26)21-10-3-4-11-23(21)28-2/h3-4,7-11,14,20,22H,5-6,12-13,15-17H2,1-2H3. The molecular weight excluding hydrogens is 348 g/mol. The van der Waals surface area contributed by atoms with Gasteiger partial charge in [0.2, 0.25) is 0 Å². The van der Waals surface area contributed by atoms with E-state index in [-0.39, 0.29) is 5.91 Å². The van der Waals surface area contributed by atoms with Crippen molar-refractivity contribution in [1.29, 1.82) is 0 Å². The molecule has 2 aromatic carbocycles. The molecule has 4 heteroatoms. The van der Waals surface area contributed by atoms with Crippen molar-refractivity contribution in [3.05, 3.63) is 65.2 Å². The minimum Gasteiger partial charge on any atom is -0.496 e. The van der Waals surface area contributed by atoms with E-state index in [4.69, 9.17) is 4.74 Å². The van der Waals surface area contributed by atoms with Crippen LogP contribution in [0.4, 0.5) is 0 Å². The van der Waals surface area contributed by atoms with Gasteiger partial charge in [-0.2, -0.15) is 0 Å². The number of hydrogen-bond donors (Lipinski definition) is 0. The summed E-state index contributed by atoms with van der Waals surface area (Å²) in [7, 11) is 1.74. The van der Waals surface area contributed by atoms with Crippen molar-refractivity contribution in [3.8, 4) is 5.75 Å². The molecule has 0 N–H and O–H groups in total. The molecule has 2 fully saturated rings. The summed E-state index contributed by atoms with van der Waals surface area (Å²) in [4.78, 5) is 17.8. The summed E-state index contributed by atoms with van der Waals surface area (Å²) in [5.41, 5.74) is 3.15. The lowest BCUT2D eigenvalue weighted by molar-refractivity contribution is 0.0783. The number of hydrogen-bond acceptors (Lipinski definition) is 3. The van der Waals surface area contributed by atoms with Gasteiger partial charge in [0.1, 0.15) is 5.75 Å². The van der Waals surface area contributed by atoms with Crippen LogP contribution in [0.1, 0.15) is 40.2 Å². The Morgan fingerprint density at radius 3 is 2.61 bits per heavy atom. The Bertz CT molecular complexity index is 829. The fourth-order valence-electron chi connectivity index (χ4n) is 4.80. The van der Waals surface area contributed by atoms with Crippen LogP contribution in [0, 0.1) is 12.8 Å². The number of amides is 1. The first-order chi connectivity index (χ1) is 13.7. The summed E-state index contributed by atoms with van der Waals surface area (Å²) in [5.74, 6) is 1.82. The Morgan fingerprint density at radius 2 is 1.86 bits per heavy atom. The Morgan fingerprint density at radius 1 is 1.07 bits per heavy atom. The van der Waals surface area contributed by atoms with Gasteiger partial charge in [-0.25, -0.2) is 0 Å². The second-order valence-electron chi connectivity index (χ2n) is 8.20. The predicted molar refractivity (Wildman–Crippen MR) is 112 cm³/mol. The molecule has 4 rings (SSSR count). The Labute approximate surface area is 168 Å². The van der Waals surface area contributed by atoms with Crippen LogP contribution in [0.15, 0.2) is 48.5 Å². The van der Waals surface area contributed by atoms with E-state index < -0.39 is 0 Å². The van der Waals surface area contributed by atoms with Gasteiger partial charge in [-0.3, -0.25) is 4.79 Å². The summed E-state index contributed by atoms with van der Waals surface area (Å²) in [6.45, 7) is 7.02. The minimum absolute atomic E-state index is 0.146. The average Bonchev–Trinajstić information content (AvgIpc) is 3.38. The third-order valence-electron chi connectivity index (χ3n) is 6.22. The van der Waals surface area contributed by atoms with Crippen molar-refractivity contribution in [3.63, 3.8) is 0 Å². The second-order valence-corrected chi connectivity index (χ2v) is 8.20. The summed E-state index contributed by atoms with van der Waals surface area (Å²) in [6.07, 6.45) is 2.58. The van der Waals surface area contributed by atoms with Gasteiger partial charge in [0.05, 0.1) is 7.11 Å². The molecule has 0 spiro atoms. The van der Waals surface area contributed by atoms with Gasteiger partial charge < -0.3 is 14.5 Å². The van der Waals surface area contributed by atoms with Crippen LogP contribution in [0.25, 0.3) is 0 Å². The molecule has 2 unspecified atom stereocenters. The summed E-state index contributed by atoms with van der Waals surface area (Å²) >= 11 is 0. The van der Waals surface area contributed by atoms with Crippen molar-refractivity contribution >= 4 is 5.91 Å². The highest BCUT2D eigenvalue weighted by Gasteiger charge is 2.38. The highest BCUT2D eigenvalue weighted by atomic mass is 16.5. The van der Waals surface area contributed by atoms with E-state index in [1.54, 1.807) is 7.11 Å². The second kappa shape index (κ2) is 8.36. The van der Waals surface area contributed by atoms with Crippen LogP contribution in [0.3, 0.4) is 0 Å². The molecule has 0 bridgehead atoms. The molecule has 2 saturated heterocycles. The van der Waals surface area contributed by atoms with Gasteiger partial charge in [0.15, 0.2) is 0 Å². The number of likely N-dealkylation sites (tertiary alicyclic amines) is 2. The normalized spacial score (nSPS) is 22.6. The number of carbonyl (C=O) groups excluding carboxylic acids is 1. The maximum absolute atomic E-state index is 13.2. The van der Waals surface area contributed by atoms with Crippen LogP contribution < -0.4 is 4.74 Å². The van der Waals surface area contributed by atoms with Crippen molar-refractivity contribution in [2.45, 2.75) is 25.7 Å². The van der Waals surface area contributed by atoms with Gasteiger partial charge in [-0.05, 0) is 62.5 Å². The Hall–Kier alpha value is -2.33. The number of methoxy groups -OCH3 is 1. The molecule has 4 nitrogen and oxygen atoms in total. The van der Waals surface area contributed by atoms with Gasteiger partial charge in [-0.15, -0.1) is 0 Å². The summed E-state index contributed by atoms with van der Waals surface area (Å²) in [5, 5.41) is 0. The lowest BCUT2D eigenvalue weighted by Crippen LogP contribution is -2.32. The van der Waals surface area contributed by atoms with E-state index in [2.05, 4.69) is 17.0 Å². The number of para-hydroxylation sites is 1. The summed E-state index contributed by atoms with van der Waals surface area (Å²) in [6, 6.07) is 16.2. The maximum atomic E-state index is 13.2. The average molecular weight is 379 g/mol. The number of nitrogens with zero attached hydrogens (tertiary/aromatic N) is 2. The van der Waals surface area contributed by atoms with Gasteiger partial charge in [0.25, 0.3) is 5.91 Å². The third-order valence-corrected chi connectivity index (χ3v) is 6.22. The first-order valence-electron chi connectivity index (χ1n) is 10.4. The van der Waals surface area contributed by atoms with E-state index in [0.717, 1.165) is 36.5 Å². The molecule has 0 saturated carbocycles. The molecule has 2 aliphatic rings. The largest absolute Gasteiger partial charge is 0.496 e. The van der Waals surface area contributed by atoms with Crippen LogP contribution >= 0.6 is 0 Å². The van der Waals surface area contributed by atoms with Crippen molar-refractivity contribution in [2.24, 2.45) is 5.92 Å². The van der Waals surface area contributed by atoms with E-state index in [9.17, 15) is 4.79 Å². The fraction of sp³-hybridized carbons (Fsp3) is 0.458.